The third kappa shape index (κ3) is 4.64. The van der Waals surface area contributed by atoms with Crippen LogP contribution in [0.25, 0.3) is 0 Å². The second kappa shape index (κ2) is 7.57. The molecule has 0 saturated carbocycles. The van der Waals surface area contributed by atoms with Gasteiger partial charge in [-0.3, -0.25) is 4.79 Å². The predicted molar refractivity (Wildman–Crippen MR) is 90.9 cm³/mol. The molecule has 0 aliphatic rings. The van der Waals surface area contributed by atoms with Crippen LogP contribution in [-0.4, -0.2) is 20.1 Å². The molecule has 128 valence electrons. The van der Waals surface area contributed by atoms with Gasteiger partial charge in [-0.2, -0.15) is 0 Å². The monoisotopic (exact) mass is 349 g/mol. The highest BCUT2D eigenvalue weighted by molar-refractivity contribution is 7.91. The Morgan fingerprint density at radius 1 is 1.12 bits per heavy atom. The molecule has 4 nitrogen and oxygen atoms in total. The summed E-state index contributed by atoms with van der Waals surface area (Å²) in [7, 11) is -3.29. The maximum absolute atomic E-state index is 13.5. The van der Waals surface area contributed by atoms with Gasteiger partial charge in [0.25, 0.3) is 0 Å². The van der Waals surface area contributed by atoms with Crippen LogP contribution >= 0.6 is 0 Å². The molecule has 1 N–H and O–H groups in total. The van der Waals surface area contributed by atoms with E-state index in [-0.39, 0.29) is 35.3 Å². The lowest BCUT2D eigenvalue weighted by Crippen LogP contribution is -2.24. The van der Waals surface area contributed by atoms with Crippen LogP contribution in [0.5, 0.6) is 0 Å². The molecule has 0 heterocycles. The summed E-state index contributed by atoms with van der Waals surface area (Å²) in [6.45, 7) is 3.48. The highest BCUT2D eigenvalue weighted by Crippen LogP contribution is 2.14. The molecular weight excluding hydrogens is 329 g/mol. The van der Waals surface area contributed by atoms with E-state index in [4.69, 9.17) is 0 Å². The van der Waals surface area contributed by atoms with Crippen LogP contribution in [0.4, 0.5) is 4.39 Å². The van der Waals surface area contributed by atoms with Crippen molar-refractivity contribution in [3.05, 3.63) is 65.0 Å². The molecule has 0 saturated heterocycles. The molecule has 2 aromatic rings. The summed E-state index contributed by atoms with van der Waals surface area (Å²) in [5, 5.41) is 2.71. The quantitative estimate of drug-likeness (QED) is 0.872. The van der Waals surface area contributed by atoms with Crippen molar-refractivity contribution < 1.29 is 17.6 Å². The molecule has 0 aromatic heterocycles. The van der Waals surface area contributed by atoms with Gasteiger partial charge in [0.1, 0.15) is 5.82 Å². The average molecular weight is 349 g/mol. The SMILES string of the molecule is CCS(=O)(=O)c1cccc(CC(=O)NCc2ccc(C)c(F)c2)c1. The first kappa shape index (κ1) is 18.1. The van der Waals surface area contributed by atoms with Crippen molar-refractivity contribution in [2.75, 3.05) is 5.75 Å². The van der Waals surface area contributed by atoms with Crippen LogP contribution in [0, 0.1) is 12.7 Å². The molecule has 0 atom stereocenters. The molecule has 0 aliphatic carbocycles. The van der Waals surface area contributed by atoms with E-state index in [0.717, 1.165) is 0 Å². The molecule has 0 bridgehead atoms. The molecule has 0 spiro atoms. The number of hydrogen-bond acceptors (Lipinski definition) is 3. The normalized spacial score (nSPS) is 11.3. The Morgan fingerprint density at radius 3 is 2.54 bits per heavy atom. The highest BCUT2D eigenvalue weighted by atomic mass is 32.2. The number of carbonyl (C=O) groups is 1. The van der Waals surface area contributed by atoms with E-state index in [1.807, 2.05) is 0 Å². The Bertz CT molecular complexity index is 847. The summed E-state index contributed by atoms with van der Waals surface area (Å²) in [5.41, 5.74) is 1.85. The van der Waals surface area contributed by atoms with Crippen LogP contribution in [0.3, 0.4) is 0 Å². The van der Waals surface area contributed by atoms with Crippen molar-refractivity contribution in [1.29, 1.82) is 0 Å². The number of carbonyl (C=O) groups excluding carboxylic acids is 1. The van der Waals surface area contributed by atoms with E-state index in [0.29, 0.717) is 16.7 Å². The van der Waals surface area contributed by atoms with Gasteiger partial charge in [0.2, 0.25) is 5.91 Å². The first-order valence-corrected chi connectivity index (χ1v) is 9.30. The van der Waals surface area contributed by atoms with E-state index in [9.17, 15) is 17.6 Å². The third-order valence-electron chi connectivity index (χ3n) is 3.73. The van der Waals surface area contributed by atoms with Gasteiger partial charge in [-0.25, -0.2) is 12.8 Å². The lowest BCUT2D eigenvalue weighted by molar-refractivity contribution is -0.120. The Kier molecular flexibility index (Phi) is 5.72. The minimum absolute atomic E-state index is 0.0155. The lowest BCUT2D eigenvalue weighted by atomic mass is 10.1. The molecule has 6 heteroatoms. The maximum Gasteiger partial charge on any atom is 0.224 e. The number of benzene rings is 2. The van der Waals surface area contributed by atoms with Crippen LogP contribution in [0.15, 0.2) is 47.4 Å². The van der Waals surface area contributed by atoms with E-state index >= 15 is 0 Å². The largest absolute Gasteiger partial charge is 0.352 e. The van der Waals surface area contributed by atoms with E-state index in [1.165, 1.54) is 18.2 Å². The van der Waals surface area contributed by atoms with E-state index in [1.54, 1.807) is 38.1 Å². The van der Waals surface area contributed by atoms with Gasteiger partial charge in [-0.1, -0.05) is 31.2 Å². The number of aryl methyl sites for hydroxylation is 1. The number of halogens is 1. The Hall–Kier alpha value is -2.21. The van der Waals surface area contributed by atoms with Crippen molar-refractivity contribution in [3.8, 4) is 0 Å². The topological polar surface area (TPSA) is 63.2 Å². The van der Waals surface area contributed by atoms with Gasteiger partial charge >= 0.3 is 0 Å². The summed E-state index contributed by atoms with van der Waals surface area (Å²) >= 11 is 0. The van der Waals surface area contributed by atoms with Crippen LogP contribution in [0.1, 0.15) is 23.6 Å². The number of hydrogen-bond donors (Lipinski definition) is 1. The molecule has 24 heavy (non-hydrogen) atoms. The number of sulfone groups is 1. The van der Waals surface area contributed by atoms with E-state index < -0.39 is 9.84 Å². The zero-order valence-electron chi connectivity index (χ0n) is 13.7. The molecule has 0 aliphatic heterocycles. The average Bonchev–Trinajstić information content (AvgIpc) is 2.56. The zero-order valence-corrected chi connectivity index (χ0v) is 14.5. The molecule has 0 radical (unpaired) electrons. The summed E-state index contributed by atoms with van der Waals surface area (Å²) in [4.78, 5) is 12.2. The highest BCUT2D eigenvalue weighted by Gasteiger charge is 2.13. The van der Waals surface area contributed by atoms with E-state index in [2.05, 4.69) is 5.32 Å². The third-order valence-corrected chi connectivity index (χ3v) is 5.46. The fraction of sp³-hybridized carbons (Fsp3) is 0.278. The fourth-order valence-corrected chi connectivity index (χ4v) is 3.16. The van der Waals surface area contributed by atoms with Crippen LogP contribution in [-0.2, 0) is 27.6 Å². The van der Waals surface area contributed by atoms with Crippen molar-refractivity contribution in [2.45, 2.75) is 31.7 Å². The Balaban J connectivity index is 2.00. The molecule has 2 aromatic carbocycles. The van der Waals surface area contributed by atoms with Gasteiger partial charge in [0.05, 0.1) is 17.1 Å². The molecule has 1 amide bonds. The van der Waals surface area contributed by atoms with Crippen molar-refractivity contribution in [1.82, 2.24) is 5.32 Å². The summed E-state index contributed by atoms with van der Waals surface area (Å²) in [6.07, 6.45) is 0.0709. The van der Waals surface area contributed by atoms with Crippen molar-refractivity contribution in [3.63, 3.8) is 0 Å². The van der Waals surface area contributed by atoms with Crippen LogP contribution in [0.2, 0.25) is 0 Å². The first-order chi connectivity index (χ1) is 11.3. The number of rotatable bonds is 6. The number of nitrogens with one attached hydrogen (secondary N) is 1. The predicted octanol–water partition coefficient (Wildman–Crippen LogP) is 2.79. The number of amides is 1. The van der Waals surface area contributed by atoms with Gasteiger partial charge in [-0.05, 0) is 41.8 Å². The smallest absolute Gasteiger partial charge is 0.224 e. The second-order valence-corrected chi connectivity index (χ2v) is 7.87. The molecule has 2 rings (SSSR count). The second-order valence-electron chi connectivity index (χ2n) is 5.59. The summed E-state index contributed by atoms with van der Waals surface area (Å²) < 4.78 is 37.2. The molecule has 0 fully saturated rings. The molecular formula is C18H20FNO3S. The Morgan fingerprint density at radius 2 is 1.88 bits per heavy atom. The summed E-state index contributed by atoms with van der Waals surface area (Å²) in [5.74, 6) is -0.539. The van der Waals surface area contributed by atoms with Crippen LogP contribution < -0.4 is 5.32 Å². The molecule has 0 unspecified atom stereocenters. The Labute approximate surface area is 141 Å². The summed E-state index contributed by atoms with van der Waals surface area (Å²) in [6, 6.07) is 11.2. The van der Waals surface area contributed by atoms with Gasteiger partial charge in [0, 0.05) is 6.54 Å². The fourth-order valence-electron chi connectivity index (χ4n) is 2.21. The van der Waals surface area contributed by atoms with Gasteiger partial charge in [0.15, 0.2) is 9.84 Å². The van der Waals surface area contributed by atoms with Gasteiger partial charge < -0.3 is 5.32 Å². The van der Waals surface area contributed by atoms with Gasteiger partial charge in [-0.15, -0.1) is 0 Å². The first-order valence-electron chi connectivity index (χ1n) is 7.65. The maximum atomic E-state index is 13.5. The minimum atomic E-state index is -3.29. The van der Waals surface area contributed by atoms with Crippen molar-refractivity contribution >= 4 is 15.7 Å². The zero-order chi connectivity index (χ0) is 17.7. The minimum Gasteiger partial charge on any atom is -0.352 e. The van der Waals surface area contributed by atoms with Crippen molar-refractivity contribution in [2.24, 2.45) is 0 Å². The lowest BCUT2D eigenvalue weighted by Gasteiger charge is -2.08. The standard InChI is InChI=1S/C18H20FNO3S/c1-3-24(22,23)16-6-4-5-14(9-16)11-18(21)20-12-15-8-7-13(2)17(19)10-15/h4-10H,3,11-12H2,1-2H3,(H,20,21).